The third kappa shape index (κ3) is 4.65. The number of aryl methyl sites for hydroxylation is 1. The molecule has 0 saturated carbocycles. The van der Waals surface area contributed by atoms with Crippen LogP contribution in [0, 0.1) is 22.5 Å². The van der Waals surface area contributed by atoms with E-state index < -0.39 is 4.92 Å². The molecule has 0 aliphatic carbocycles. The summed E-state index contributed by atoms with van der Waals surface area (Å²) in [6.07, 6.45) is 1.78. The van der Waals surface area contributed by atoms with Gasteiger partial charge in [-0.15, -0.1) is 0 Å². The molecule has 5 nitrogen and oxygen atoms in total. The Bertz CT molecular complexity index is 466. The van der Waals surface area contributed by atoms with E-state index in [4.69, 9.17) is 11.6 Å². The van der Waals surface area contributed by atoms with Gasteiger partial charge in [0.1, 0.15) is 0 Å². The lowest BCUT2D eigenvalue weighted by molar-refractivity contribution is -0.384. The first-order valence-electron chi connectivity index (χ1n) is 6.56. The second-order valence-electron chi connectivity index (χ2n) is 5.73. The number of nitro benzene ring substituents is 1. The highest BCUT2D eigenvalue weighted by molar-refractivity contribution is 6.33. The predicted molar refractivity (Wildman–Crippen MR) is 81.4 cm³/mol. The van der Waals surface area contributed by atoms with Gasteiger partial charge in [0.05, 0.1) is 15.6 Å². The van der Waals surface area contributed by atoms with Crippen LogP contribution < -0.4 is 5.32 Å². The fourth-order valence-electron chi connectivity index (χ4n) is 1.91. The monoisotopic (exact) mass is 300 g/mol. The Kier molecular flexibility index (Phi) is 5.77. The van der Waals surface area contributed by atoms with E-state index in [-0.39, 0.29) is 17.7 Å². The third-order valence-electron chi connectivity index (χ3n) is 3.24. The van der Waals surface area contributed by atoms with E-state index in [2.05, 4.69) is 5.32 Å². The highest BCUT2D eigenvalue weighted by atomic mass is 35.5. The largest absolute Gasteiger partial charge is 0.396 e. The summed E-state index contributed by atoms with van der Waals surface area (Å²) in [5, 5.41) is 23.5. The van der Waals surface area contributed by atoms with Crippen molar-refractivity contribution in [3.05, 3.63) is 32.8 Å². The first kappa shape index (κ1) is 16.7. The Morgan fingerprint density at radius 1 is 1.45 bits per heavy atom. The molecule has 0 heterocycles. The van der Waals surface area contributed by atoms with Crippen molar-refractivity contribution in [1.82, 2.24) is 0 Å². The molecule has 20 heavy (non-hydrogen) atoms. The van der Waals surface area contributed by atoms with Crippen LogP contribution in [0.2, 0.25) is 5.02 Å². The normalized spacial score (nSPS) is 11.4. The maximum Gasteiger partial charge on any atom is 0.271 e. The lowest BCUT2D eigenvalue weighted by Gasteiger charge is -2.21. The minimum atomic E-state index is -0.452. The zero-order valence-electron chi connectivity index (χ0n) is 12.1. The van der Waals surface area contributed by atoms with Crippen LogP contribution in [0.5, 0.6) is 0 Å². The fourth-order valence-corrected chi connectivity index (χ4v) is 2.24. The number of non-ortho nitro benzene ring substituents is 1. The summed E-state index contributed by atoms with van der Waals surface area (Å²) in [4.78, 5) is 10.3. The molecule has 0 unspecified atom stereocenters. The number of hydrogen-bond donors (Lipinski definition) is 2. The van der Waals surface area contributed by atoms with Gasteiger partial charge in [-0.05, 0) is 30.7 Å². The first-order chi connectivity index (χ1) is 9.26. The van der Waals surface area contributed by atoms with E-state index in [1.165, 1.54) is 12.1 Å². The van der Waals surface area contributed by atoms with Gasteiger partial charge in [0.15, 0.2) is 0 Å². The van der Waals surface area contributed by atoms with Crippen molar-refractivity contribution >= 4 is 23.0 Å². The third-order valence-corrected chi connectivity index (χ3v) is 3.54. The van der Waals surface area contributed by atoms with Crippen LogP contribution in [0.1, 0.15) is 32.3 Å². The number of halogens is 1. The van der Waals surface area contributed by atoms with Gasteiger partial charge in [-0.1, -0.05) is 25.4 Å². The average molecular weight is 301 g/mol. The summed E-state index contributed by atoms with van der Waals surface area (Å²) in [5.41, 5.74) is 1.40. The Labute approximate surface area is 124 Å². The Balaban J connectivity index is 2.63. The van der Waals surface area contributed by atoms with Crippen LogP contribution in [-0.2, 0) is 0 Å². The van der Waals surface area contributed by atoms with E-state index in [1.54, 1.807) is 6.92 Å². The quantitative estimate of drug-likeness (QED) is 0.456. The van der Waals surface area contributed by atoms with Crippen molar-refractivity contribution in [1.29, 1.82) is 0 Å². The van der Waals surface area contributed by atoms with Crippen molar-refractivity contribution in [3.8, 4) is 0 Å². The van der Waals surface area contributed by atoms with Crippen molar-refractivity contribution in [2.24, 2.45) is 5.41 Å². The van der Waals surface area contributed by atoms with Crippen LogP contribution >= 0.6 is 11.6 Å². The molecule has 0 aromatic heterocycles. The summed E-state index contributed by atoms with van der Waals surface area (Å²) in [6.45, 7) is 6.68. The molecule has 1 aromatic rings. The Morgan fingerprint density at radius 2 is 2.10 bits per heavy atom. The van der Waals surface area contributed by atoms with Crippen LogP contribution in [0.25, 0.3) is 0 Å². The predicted octanol–water partition coefficient (Wildman–Crippen LogP) is 3.77. The molecule has 1 aromatic carbocycles. The van der Waals surface area contributed by atoms with E-state index in [0.29, 0.717) is 11.6 Å². The zero-order chi connectivity index (χ0) is 15.3. The maximum absolute atomic E-state index is 10.7. The van der Waals surface area contributed by atoms with Crippen LogP contribution in [0.15, 0.2) is 12.1 Å². The number of benzene rings is 1. The molecule has 112 valence electrons. The Hall–Kier alpha value is -1.33. The molecule has 2 N–H and O–H groups in total. The molecule has 0 fully saturated rings. The molecule has 6 heteroatoms. The highest BCUT2D eigenvalue weighted by Crippen LogP contribution is 2.31. The molecule has 0 spiro atoms. The molecule has 0 aliphatic rings. The molecule has 0 bridgehead atoms. The maximum atomic E-state index is 10.7. The molecular weight excluding hydrogens is 280 g/mol. The van der Waals surface area contributed by atoms with Gasteiger partial charge >= 0.3 is 0 Å². The molecule has 0 atom stereocenters. The SMILES string of the molecule is Cc1cc([N+](=O)[O-])cc(Cl)c1NCCCC(C)(C)CO. The second-order valence-corrected chi connectivity index (χ2v) is 6.14. The average Bonchev–Trinajstić information content (AvgIpc) is 2.36. The lowest BCUT2D eigenvalue weighted by Crippen LogP contribution is -2.18. The lowest BCUT2D eigenvalue weighted by atomic mass is 9.89. The number of rotatable bonds is 7. The van der Waals surface area contributed by atoms with Crippen molar-refractivity contribution < 1.29 is 10.0 Å². The standard InChI is InChI=1S/C14H21ClN2O3/c1-10-7-11(17(19)20)8-12(15)13(10)16-6-4-5-14(2,3)9-18/h7-8,16,18H,4-6,9H2,1-3H3. The number of anilines is 1. The Morgan fingerprint density at radius 3 is 2.60 bits per heavy atom. The molecular formula is C14H21ClN2O3. The van der Waals surface area contributed by atoms with Crippen LogP contribution in [0.3, 0.4) is 0 Å². The summed E-state index contributed by atoms with van der Waals surface area (Å²) in [7, 11) is 0. The van der Waals surface area contributed by atoms with Crippen molar-refractivity contribution in [2.75, 3.05) is 18.5 Å². The smallest absolute Gasteiger partial charge is 0.271 e. The van der Waals surface area contributed by atoms with Gasteiger partial charge < -0.3 is 10.4 Å². The summed E-state index contributed by atoms with van der Waals surface area (Å²) in [6, 6.07) is 2.86. The number of nitrogens with zero attached hydrogens (tertiary/aromatic N) is 1. The van der Waals surface area contributed by atoms with E-state index in [9.17, 15) is 15.2 Å². The molecule has 0 saturated heterocycles. The molecule has 0 amide bonds. The fraction of sp³-hybridized carbons (Fsp3) is 0.571. The van der Waals surface area contributed by atoms with Gasteiger partial charge in [-0.25, -0.2) is 0 Å². The van der Waals surface area contributed by atoms with Crippen LogP contribution in [0.4, 0.5) is 11.4 Å². The van der Waals surface area contributed by atoms with Gasteiger partial charge in [0.25, 0.3) is 5.69 Å². The number of aliphatic hydroxyl groups excluding tert-OH is 1. The summed E-state index contributed by atoms with van der Waals surface area (Å²) >= 11 is 6.07. The number of nitro groups is 1. The van der Waals surface area contributed by atoms with Gasteiger partial charge in [0.2, 0.25) is 0 Å². The zero-order valence-corrected chi connectivity index (χ0v) is 12.8. The second kappa shape index (κ2) is 6.90. The number of hydrogen-bond acceptors (Lipinski definition) is 4. The molecule has 0 aliphatic heterocycles. The molecule has 1 rings (SSSR count). The van der Waals surface area contributed by atoms with E-state index in [1.807, 2.05) is 13.8 Å². The van der Waals surface area contributed by atoms with E-state index >= 15 is 0 Å². The van der Waals surface area contributed by atoms with Crippen molar-refractivity contribution in [3.63, 3.8) is 0 Å². The topological polar surface area (TPSA) is 75.4 Å². The van der Waals surface area contributed by atoms with E-state index in [0.717, 1.165) is 24.1 Å². The van der Waals surface area contributed by atoms with Gasteiger partial charge in [-0.3, -0.25) is 10.1 Å². The minimum Gasteiger partial charge on any atom is -0.396 e. The summed E-state index contributed by atoms with van der Waals surface area (Å²) in [5.74, 6) is 0. The van der Waals surface area contributed by atoms with Gasteiger partial charge in [-0.2, -0.15) is 0 Å². The van der Waals surface area contributed by atoms with Gasteiger partial charge in [0, 0.05) is 25.3 Å². The first-order valence-corrected chi connectivity index (χ1v) is 6.94. The van der Waals surface area contributed by atoms with Crippen LogP contribution in [-0.4, -0.2) is 23.2 Å². The minimum absolute atomic E-state index is 0.000496. The molecule has 0 radical (unpaired) electrons. The number of aliphatic hydroxyl groups is 1. The highest BCUT2D eigenvalue weighted by Gasteiger charge is 2.16. The number of nitrogens with one attached hydrogen (secondary N) is 1. The van der Waals surface area contributed by atoms with Crippen molar-refractivity contribution in [2.45, 2.75) is 33.6 Å². The summed E-state index contributed by atoms with van der Waals surface area (Å²) < 4.78 is 0.